The molecule has 0 fully saturated rings. The van der Waals surface area contributed by atoms with Crippen LogP contribution in [-0.4, -0.2) is 41.8 Å². The van der Waals surface area contributed by atoms with Crippen LogP contribution in [0.2, 0.25) is 5.02 Å². The maximum Gasteiger partial charge on any atom is 0.252 e. The average Bonchev–Trinajstić information content (AvgIpc) is 3.29. The number of carbonyl (C=O) groups excluding carboxylic acids is 1. The largest absolute Gasteiger partial charge is 0.494 e. The number of hydrogen-bond acceptors (Lipinski definition) is 6. The molecule has 0 saturated carbocycles. The normalized spacial score (nSPS) is 18.0. The van der Waals surface area contributed by atoms with E-state index < -0.39 is 11.6 Å². The van der Waals surface area contributed by atoms with Crippen LogP contribution in [0.3, 0.4) is 0 Å². The molecule has 0 aliphatic carbocycles. The number of benzene rings is 3. The van der Waals surface area contributed by atoms with Gasteiger partial charge in [-0.05, 0) is 59.5 Å². The number of carbonyl (C=O) groups is 1. The van der Waals surface area contributed by atoms with E-state index in [2.05, 4.69) is 15.3 Å². The number of ether oxygens (including phenoxy) is 2. The molecule has 0 unspecified atom stereocenters. The smallest absolute Gasteiger partial charge is 0.252 e. The van der Waals surface area contributed by atoms with Gasteiger partial charge in [0.05, 0.1) is 13.2 Å². The Balaban J connectivity index is 1.66. The van der Waals surface area contributed by atoms with Crippen molar-refractivity contribution in [3.05, 3.63) is 111 Å². The number of hydrogen-bond donors (Lipinski definition) is 2. The van der Waals surface area contributed by atoms with Gasteiger partial charge in [0.25, 0.3) is 5.91 Å². The molecule has 0 aromatic heterocycles. The Labute approximate surface area is 232 Å². The minimum Gasteiger partial charge on any atom is -0.494 e. The van der Waals surface area contributed by atoms with E-state index in [-0.39, 0.29) is 32.0 Å². The summed E-state index contributed by atoms with van der Waals surface area (Å²) in [6.07, 6.45) is 0.194. The minimum absolute atomic E-state index is 0.0627. The molecule has 202 valence electrons. The molecule has 1 aliphatic heterocycles. The lowest BCUT2D eigenvalue weighted by molar-refractivity contribution is -0.128. The molecule has 2 atom stereocenters. The van der Waals surface area contributed by atoms with E-state index in [1.165, 1.54) is 0 Å². The fourth-order valence-corrected chi connectivity index (χ4v) is 4.60. The van der Waals surface area contributed by atoms with Gasteiger partial charge in [0.2, 0.25) is 5.90 Å². The van der Waals surface area contributed by atoms with Crippen molar-refractivity contribution < 1.29 is 19.4 Å². The zero-order valence-corrected chi connectivity index (χ0v) is 22.3. The van der Waals surface area contributed by atoms with Crippen LogP contribution in [0.15, 0.2) is 82.9 Å². The van der Waals surface area contributed by atoms with Crippen molar-refractivity contribution in [2.75, 3.05) is 13.2 Å². The highest BCUT2D eigenvalue weighted by molar-refractivity contribution is 6.31. The van der Waals surface area contributed by atoms with E-state index in [1.54, 1.807) is 18.2 Å². The number of nitrogens with one attached hydrogen (secondary N) is 1. The van der Waals surface area contributed by atoms with E-state index >= 15 is 0 Å². The van der Waals surface area contributed by atoms with Crippen molar-refractivity contribution in [1.29, 1.82) is 0 Å². The number of aliphatic hydroxyl groups is 1. The average molecular weight is 548 g/mol. The topological polar surface area (TPSA) is 129 Å². The maximum atomic E-state index is 13.9. The molecule has 39 heavy (non-hydrogen) atoms. The molecule has 0 bridgehead atoms. The first-order valence-corrected chi connectivity index (χ1v) is 13.0. The van der Waals surface area contributed by atoms with Crippen LogP contribution in [-0.2, 0) is 29.0 Å². The van der Waals surface area contributed by atoms with Crippen LogP contribution in [0, 0.1) is 0 Å². The number of amides is 1. The van der Waals surface area contributed by atoms with E-state index in [0.29, 0.717) is 35.3 Å². The summed E-state index contributed by atoms with van der Waals surface area (Å²) in [7, 11) is 0. The van der Waals surface area contributed by atoms with Gasteiger partial charge in [0.15, 0.2) is 5.54 Å². The molecule has 0 radical (unpaired) electrons. The van der Waals surface area contributed by atoms with Gasteiger partial charge in [-0.1, -0.05) is 59.2 Å². The fourth-order valence-electron chi connectivity index (χ4n) is 4.40. The molecule has 3 aromatic carbocycles. The Hall–Kier alpha value is -4.04. The predicted octanol–water partition coefficient (Wildman–Crippen LogP) is 5.37. The molecule has 1 heterocycles. The summed E-state index contributed by atoms with van der Waals surface area (Å²) in [5.41, 5.74) is 10.7. The van der Waals surface area contributed by atoms with Crippen molar-refractivity contribution in [2.45, 2.75) is 44.5 Å². The molecule has 10 heteroatoms. The molecule has 0 spiro atoms. The Morgan fingerprint density at radius 3 is 2.51 bits per heavy atom. The summed E-state index contributed by atoms with van der Waals surface area (Å²) in [5.74, 6) is 0.715. The van der Waals surface area contributed by atoms with E-state index in [4.69, 9.17) is 36.7 Å². The first-order valence-electron chi connectivity index (χ1n) is 12.7. The number of rotatable bonds is 12. The number of aliphatic hydroxyl groups excluding tert-OH is 1. The molecule has 0 saturated heterocycles. The van der Waals surface area contributed by atoms with Crippen LogP contribution >= 0.6 is 11.6 Å². The Bertz CT molecular complexity index is 1370. The minimum atomic E-state index is -1.28. The molecule has 1 amide bonds. The van der Waals surface area contributed by atoms with Gasteiger partial charge in [0, 0.05) is 41.5 Å². The van der Waals surface area contributed by atoms with Crippen molar-refractivity contribution in [2.24, 2.45) is 10.1 Å². The second kappa shape index (κ2) is 13.2. The van der Waals surface area contributed by atoms with Gasteiger partial charge in [-0.15, -0.1) is 0 Å². The summed E-state index contributed by atoms with van der Waals surface area (Å²) in [6.45, 7) is 2.70. The highest BCUT2D eigenvalue weighted by atomic mass is 35.5. The summed E-state index contributed by atoms with van der Waals surface area (Å²) in [6, 6.07) is 22.1. The highest BCUT2D eigenvalue weighted by Gasteiger charge is 2.50. The zero-order valence-electron chi connectivity index (χ0n) is 21.6. The molecular formula is C29H30ClN5O4. The molecule has 3 aromatic rings. The molecule has 1 aliphatic rings. The van der Waals surface area contributed by atoms with Crippen molar-refractivity contribution in [3.63, 3.8) is 0 Å². The lowest BCUT2D eigenvalue weighted by atomic mass is 9.84. The van der Waals surface area contributed by atoms with Crippen LogP contribution in [0.25, 0.3) is 10.4 Å². The molecule has 4 rings (SSSR count). The summed E-state index contributed by atoms with van der Waals surface area (Å²) >= 11 is 6.32. The van der Waals surface area contributed by atoms with E-state index in [9.17, 15) is 4.79 Å². The standard InChI is InChI=1S/C29H30ClN5O4/c1-20-29(17-22-7-2-3-8-23(22)19-33-35-31,28(37)32-18-24-9-4-5-10-26(24)30)34-27(39-20)21-11-13-25(14-12-21)38-16-6-15-36/h2-5,7-14,20,36H,6,15-19H2,1H3,(H,32,37)/t20-,29-/m1/s1. The van der Waals surface area contributed by atoms with Gasteiger partial charge in [-0.3, -0.25) is 4.79 Å². The van der Waals surface area contributed by atoms with Crippen molar-refractivity contribution in [3.8, 4) is 5.75 Å². The summed E-state index contributed by atoms with van der Waals surface area (Å²) < 4.78 is 11.8. The summed E-state index contributed by atoms with van der Waals surface area (Å²) in [4.78, 5) is 21.7. The third kappa shape index (κ3) is 6.70. The highest BCUT2D eigenvalue weighted by Crippen LogP contribution is 2.34. The maximum absolute atomic E-state index is 13.9. The van der Waals surface area contributed by atoms with E-state index in [0.717, 1.165) is 16.7 Å². The first-order chi connectivity index (χ1) is 19.0. The van der Waals surface area contributed by atoms with Crippen LogP contribution in [0.4, 0.5) is 0 Å². The van der Waals surface area contributed by atoms with Crippen molar-refractivity contribution >= 4 is 23.4 Å². The second-order valence-corrected chi connectivity index (χ2v) is 9.57. The van der Waals surface area contributed by atoms with Gasteiger partial charge in [0.1, 0.15) is 11.9 Å². The van der Waals surface area contributed by atoms with Gasteiger partial charge in [-0.2, -0.15) is 0 Å². The SMILES string of the molecule is C[C@H]1OC(c2ccc(OCCCO)cc2)=N[C@@]1(Cc1ccccc1CN=[N+]=[N-])C(=O)NCc1ccccc1Cl. The zero-order chi connectivity index (χ0) is 27.7. The lowest BCUT2D eigenvalue weighted by Gasteiger charge is -2.29. The Kier molecular flexibility index (Phi) is 9.44. The fraction of sp³-hybridized carbons (Fsp3) is 0.310. The Morgan fingerprint density at radius 2 is 1.82 bits per heavy atom. The first kappa shape index (κ1) is 28.0. The lowest BCUT2D eigenvalue weighted by Crippen LogP contribution is -2.52. The van der Waals surface area contributed by atoms with Gasteiger partial charge >= 0.3 is 0 Å². The monoisotopic (exact) mass is 547 g/mol. The number of halogens is 1. The van der Waals surface area contributed by atoms with E-state index in [1.807, 2.05) is 61.5 Å². The molecule has 2 N–H and O–H groups in total. The second-order valence-electron chi connectivity index (χ2n) is 9.16. The molecule has 9 nitrogen and oxygen atoms in total. The summed E-state index contributed by atoms with van der Waals surface area (Å²) in [5, 5.41) is 16.3. The van der Waals surface area contributed by atoms with Gasteiger partial charge in [-0.25, -0.2) is 4.99 Å². The van der Waals surface area contributed by atoms with Crippen LogP contribution < -0.4 is 10.1 Å². The van der Waals surface area contributed by atoms with Crippen LogP contribution in [0.1, 0.15) is 35.6 Å². The van der Waals surface area contributed by atoms with Gasteiger partial charge < -0.3 is 19.9 Å². The number of azide groups is 1. The predicted molar refractivity (Wildman–Crippen MR) is 150 cm³/mol. The number of nitrogens with zero attached hydrogens (tertiary/aromatic N) is 4. The van der Waals surface area contributed by atoms with Crippen molar-refractivity contribution in [1.82, 2.24) is 5.32 Å². The third-order valence-electron chi connectivity index (χ3n) is 6.61. The molecular weight excluding hydrogens is 518 g/mol. The Morgan fingerprint density at radius 1 is 1.13 bits per heavy atom. The quantitative estimate of drug-likeness (QED) is 0.136. The number of aliphatic imine (C=N–C) groups is 1. The third-order valence-corrected chi connectivity index (χ3v) is 6.98. The van der Waals surface area contributed by atoms with Crippen LogP contribution in [0.5, 0.6) is 5.75 Å².